The van der Waals surface area contributed by atoms with Crippen molar-refractivity contribution in [1.82, 2.24) is 30.0 Å². The van der Waals surface area contributed by atoms with Crippen LogP contribution in [0.15, 0.2) is 24.3 Å². The van der Waals surface area contributed by atoms with E-state index in [9.17, 15) is 4.79 Å². The van der Waals surface area contributed by atoms with Gasteiger partial charge in [0.2, 0.25) is 0 Å². The van der Waals surface area contributed by atoms with E-state index in [-0.39, 0.29) is 11.4 Å². The highest BCUT2D eigenvalue weighted by Crippen LogP contribution is 2.37. The molecule has 0 atom stereocenters. The van der Waals surface area contributed by atoms with Crippen LogP contribution >= 0.6 is 0 Å². The molecule has 9 heteroatoms. The Bertz CT molecular complexity index is 1290. The summed E-state index contributed by atoms with van der Waals surface area (Å²) in [6, 6.07) is 8.25. The molecule has 1 amide bonds. The number of nitrogens with one attached hydrogen (secondary N) is 1. The van der Waals surface area contributed by atoms with Crippen molar-refractivity contribution < 1.29 is 4.79 Å². The average Bonchev–Trinajstić information content (AvgIpc) is 3.39. The van der Waals surface area contributed by atoms with Gasteiger partial charge in [-0.1, -0.05) is 6.07 Å². The third-order valence-electron chi connectivity index (χ3n) is 7.32. The van der Waals surface area contributed by atoms with Crippen LogP contribution in [0.3, 0.4) is 0 Å². The molecule has 0 spiro atoms. The topological polar surface area (TPSA) is 92.1 Å². The van der Waals surface area contributed by atoms with Gasteiger partial charge in [0.1, 0.15) is 23.2 Å². The zero-order valence-corrected chi connectivity index (χ0v) is 20.2. The number of aromatic nitrogens is 5. The van der Waals surface area contributed by atoms with Crippen molar-refractivity contribution >= 4 is 17.5 Å². The Hall–Kier alpha value is -3.33. The third-order valence-corrected chi connectivity index (χ3v) is 7.32. The molecule has 0 aromatic carbocycles. The number of carbonyl (C=O) groups is 1. The molecule has 0 bridgehead atoms. The molecule has 1 saturated carbocycles. The zero-order valence-electron chi connectivity index (χ0n) is 20.2. The number of amides is 1. The van der Waals surface area contributed by atoms with Crippen LogP contribution in [-0.2, 0) is 25.0 Å². The van der Waals surface area contributed by atoms with Crippen LogP contribution in [0.25, 0.3) is 11.5 Å². The van der Waals surface area contributed by atoms with Crippen LogP contribution in [0.5, 0.6) is 0 Å². The molecule has 176 valence electrons. The second-order valence-corrected chi connectivity index (χ2v) is 10.2. The SMILES string of the molecule is CNCc1nc(N(C)C2CC2)cc2c1CN(c1cccc(-c3nnc4n3C(C)(C)CC4)n1)C2=O. The maximum Gasteiger partial charge on any atom is 0.260 e. The average molecular weight is 459 g/mol. The van der Waals surface area contributed by atoms with Gasteiger partial charge in [-0.25, -0.2) is 9.97 Å². The van der Waals surface area contributed by atoms with E-state index in [4.69, 9.17) is 9.97 Å². The van der Waals surface area contributed by atoms with Gasteiger partial charge in [-0.2, -0.15) is 0 Å². The summed E-state index contributed by atoms with van der Waals surface area (Å²) >= 11 is 0. The summed E-state index contributed by atoms with van der Waals surface area (Å²) < 4.78 is 2.19. The summed E-state index contributed by atoms with van der Waals surface area (Å²) in [5.74, 6) is 3.21. The Morgan fingerprint density at radius 1 is 1.21 bits per heavy atom. The van der Waals surface area contributed by atoms with Gasteiger partial charge < -0.3 is 14.8 Å². The number of nitrogens with zero attached hydrogens (tertiary/aromatic N) is 7. The maximum atomic E-state index is 13.6. The fraction of sp³-hybridized carbons (Fsp3) is 0.480. The molecular weight excluding hydrogens is 428 g/mol. The lowest BCUT2D eigenvalue weighted by Crippen LogP contribution is -2.25. The van der Waals surface area contributed by atoms with Crippen molar-refractivity contribution in [3.8, 4) is 11.5 Å². The molecular formula is C25H30N8O. The summed E-state index contributed by atoms with van der Waals surface area (Å²) in [6.45, 7) is 5.48. The van der Waals surface area contributed by atoms with E-state index in [1.54, 1.807) is 4.90 Å². The van der Waals surface area contributed by atoms with Crippen LogP contribution in [0.1, 0.15) is 60.5 Å². The van der Waals surface area contributed by atoms with Gasteiger partial charge in [0.05, 0.1) is 17.8 Å². The van der Waals surface area contributed by atoms with Crippen LogP contribution in [-0.4, -0.2) is 50.8 Å². The molecule has 0 saturated heterocycles. The maximum absolute atomic E-state index is 13.6. The van der Waals surface area contributed by atoms with E-state index in [0.29, 0.717) is 24.9 Å². The lowest BCUT2D eigenvalue weighted by atomic mass is 10.0. The molecule has 34 heavy (non-hydrogen) atoms. The quantitative estimate of drug-likeness (QED) is 0.607. The third kappa shape index (κ3) is 3.29. The number of hydrogen-bond donors (Lipinski definition) is 1. The molecule has 3 aromatic heterocycles. The summed E-state index contributed by atoms with van der Waals surface area (Å²) in [4.78, 5) is 27.3. The van der Waals surface area contributed by atoms with E-state index < -0.39 is 0 Å². The molecule has 0 unspecified atom stereocenters. The number of pyridine rings is 2. The largest absolute Gasteiger partial charge is 0.357 e. The van der Waals surface area contributed by atoms with Crippen molar-refractivity contribution in [2.24, 2.45) is 0 Å². The minimum Gasteiger partial charge on any atom is -0.357 e. The summed E-state index contributed by atoms with van der Waals surface area (Å²) in [7, 11) is 3.97. The van der Waals surface area contributed by atoms with Gasteiger partial charge in [-0.15, -0.1) is 10.2 Å². The standard InChI is InChI=1S/C25H30N8O/c1-25(2)11-10-21-29-30-23(33(21)25)18-6-5-7-20(27-18)32-14-17-16(24(32)34)12-22(28-19(17)13-26-3)31(4)15-8-9-15/h5-7,12,15,26H,8-11,13-14H2,1-4H3. The first-order valence-corrected chi connectivity index (χ1v) is 12.0. The normalized spacial score (nSPS) is 18.4. The second kappa shape index (κ2) is 7.59. The Kier molecular flexibility index (Phi) is 4.74. The molecule has 0 radical (unpaired) electrons. The van der Waals surface area contributed by atoms with Crippen LogP contribution in [0.4, 0.5) is 11.6 Å². The zero-order chi connectivity index (χ0) is 23.6. The van der Waals surface area contributed by atoms with Crippen molar-refractivity contribution in [3.05, 3.63) is 46.9 Å². The van der Waals surface area contributed by atoms with E-state index >= 15 is 0 Å². The van der Waals surface area contributed by atoms with E-state index in [1.165, 1.54) is 12.8 Å². The van der Waals surface area contributed by atoms with Crippen molar-refractivity contribution in [1.29, 1.82) is 0 Å². The molecule has 3 aromatic rings. The van der Waals surface area contributed by atoms with Crippen molar-refractivity contribution in [2.45, 2.75) is 64.2 Å². The first-order valence-electron chi connectivity index (χ1n) is 12.0. The van der Waals surface area contributed by atoms with Gasteiger partial charge in [0.25, 0.3) is 5.91 Å². The fourth-order valence-corrected chi connectivity index (χ4v) is 5.19. The molecule has 1 fully saturated rings. The minimum atomic E-state index is -0.0523. The summed E-state index contributed by atoms with van der Waals surface area (Å²) in [6.07, 6.45) is 4.30. The molecule has 1 N–H and O–H groups in total. The monoisotopic (exact) mass is 458 g/mol. The number of fused-ring (bicyclic) bond motifs is 2. The lowest BCUT2D eigenvalue weighted by Gasteiger charge is -2.22. The van der Waals surface area contributed by atoms with E-state index in [1.807, 2.05) is 31.3 Å². The first kappa shape index (κ1) is 21.2. The highest BCUT2D eigenvalue weighted by Gasteiger charge is 2.36. The predicted molar refractivity (Wildman–Crippen MR) is 130 cm³/mol. The van der Waals surface area contributed by atoms with Gasteiger partial charge in [-0.05, 0) is 58.4 Å². The Labute approximate surface area is 199 Å². The molecule has 9 nitrogen and oxygen atoms in total. The van der Waals surface area contributed by atoms with Crippen molar-refractivity contribution in [2.75, 3.05) is 23.9 Å². The number of hydrogen-bond acceptors (Lipinski definition) is 7. The molecule has 2 aliphatic heterocycles. The van der Waals surface area contributed by atoms with Crippen LogP contribution < -0.4 is 15.1 Å². The molecule has 1 aliphatic carbocycles. The summed E-state index contributed by atoms with van der Waals surface area (Å²) in [5.41, 5.74) is 3.30. The van der Waals surface area contributed by atoms with Crippen LogP contribution in [0, 0.1) is 0 Å². The number of anilines is 2. The van der Waals surface area contributed by atoms with Gasteiger partial charge in [0.15, 0.2) is 5.82 Å². The van der Waals surface area contributed by atoms with Gasteiger partial charge >= 0.3 is 0 Å². The first-order chi connectivity index (χ1) is 16.4. The highest BCUT2D eigenvalue weighted by atomic mass is 16.2. The molecule has 3 aliphatic rings. The molecule has 5 heterocycles. The fourth-order valence-electron chi connectivity index (χ4n) is 5.19. The minimum absolute atomic E-state index is 0.0309. The smallest absolute Gasteiger partial charge is 0.260 e. The number of carbonyl (C=O) groups excluding carboxylic acids is 1. The summed E-state index contributed by atoms with van der Waals surface area (Å²) in [5, 5.41) is 12.0. The van der Waals surface area contributed by atoms with E-state index in [0.717, 1.165) is 52.8 Å². The Morgan fingerprint density at radius 2 is 2.03 bits per heavy atom. The van der Waals surface area contributed by atoms with Crippen molar-refractivity contribution in [3.63, 3.8) is 0 Å². The second-order valence-electron chi connectivity index (χ2n) is 10.2. The van der Waals surface area contributed by atoms with Gasteiger partial charge in [0, 0.05) is 37.2 Å². The number of rotatable bonds is 6. The lowest BCUT2D eigenvalue weighted by molar-refractivity contribution is 0.0996. The van der Waals surface area contributed by atoms with E-state index in [2.05, 4.69) is 45.9 Å². The number of aryl methyl sites for hydroxylation is 1. The van der Waals surface area contributed by atoms with Gasteiger partial charge in [-0.3, -0.25) is 9.69 Å². The molecule has 6 rings (SSSR count). The van der Waals surface area contributed by atoms with Crippen LogP contribution in [0.2, 0.25) is 0 Å². The Balaban J connectivity index is 1.37. The Morgan fingerprint density at radius 3 is 2.79 bits per heavy atom. The highest BCUT2D eigenvalue weighted by molar-refractivity contribution is 6.10. The predicted octanol–water partition coefficient (Wildman–Crippen LogP) is 2.89.